The molecule has 0 spiro atoms. The molecule has 5 nitrogen and oxygen atoms in total. The van der Waals surface area contributed by atoms with Crippen LogP contribution in [0.3, 0.4) is 0 Å². The van der Waals surface area contributed by atoms with E-state index in [1.165, 1.54) is 0 Å². The second-order valence-electron chi connectivity index (χ2n) is 6.07. The van der Waals surface area contributed by atoms with E-state index in [-0.39, 0.29) is 5.56 Å². The molecule has 2 aromatic rings. The van der Waals surface area contributed by atoms with Crippen LogP contribution in [-0.2, 0) is 7.05 Å². The maximum Gasteiger partial charge on any atom is 0.250 e. The summed E-state index contributed by atoms with van der Waals surface area (Å²) in [6, 6.07) is 3.84. The smallest absolute Gasteiger partial charge is 0.250 e. The third-order valence-electron chi connectivity index (χ3n) is 4.60. The van der Waals surface area contributed by atoms with Crippen molar-refractivity contribution in [2.45, 2.75) is 32.6 Å². The average Bonchev–Trinajstić information content (AvgIpc) is 2.53. The van der Waals surface area contributed by atoms with Crippen molar-refractivity contribution in [1.29, 1.82) is 0 Å². The molecule has 0 N–H and O–H groups in total. The molecule has 5 heteroatoms. The first-order valence-electron chi connectivity index (χ1n) is 7.76. The molecule has 0 radical (unpaired) electrons. The lowest BCUT2D eigenvalue weighted by atomic mass is 9.90. The summed E-state index contributed by atoms with van der Waals surface area (Å²) < 4.78 is 1.61. The molecule has 3 heterocycles. The fourth-order valence-electron chi connectivity index (χ4n) is 2.94. The zero-order chi connectivity index (χ0) is 15.7. The lowest BCUT2D eigenvalue weighted by molar-refractivity contribution is 0.500. The highest BCUT2D eigenvalue weighted by Gasteiger charge is 2.22. The van der Waals surface area contributed by atoms with Crippen molar-refractivity contribution in [2.75, 3.05) is 18.0 Å². The number of anilines is 1. The van der Waals surface area contributed by atoms with Crippen molar-refractivity contribution in [3.63, 3.8) is 0 Å². The van der Waals surface area contributed by atoms with Gasteiger partial charge in [0, 0.05) is 32.4 Å². The molecule has 0 bridgehead atoms. The highest BCUT2D eigenvalue weighted by molar-refractivity contribution is 5.38. The fourth-order valence-corrected chi connectivity index (χ4v) is 2.94. The van der Waals surface area contributed by atoms with Gasteiger partial charge in [-0.1, -0.05) is 0 Å². The molecule has 1 saturated heterocycles. The third kappa shape index (κ3) is 2.89. The Kier molecular flexibility index (Phi) is 3.96. The van der Waals surface area contributed by atoms with Gasteiger partial charge in [-0.3, -0.25) is 9.78 Å². The molecule has 1 fully saturated rings. The van der Waals surface area contributed by atoms with Gasteiger partial charge in [0.15, 0.2) is 0 Å². The summed E-state index contributed by atoms with van der Waals surface area (Å²) in [7, 11) is 1.78. The number of rotatable bonds is 2. The first kappa shape index (κ1) is 14.8. The van der Waals surface area contributed by atoms with Gasteiger partial charge in [-0.25, -0.2) is 4.98 Å². The molecular formula is C17H22N4O. The van der Waals surface area contributed by atoms with E-state index in [1.54, 1.807) is 17.7 Å². The maximum absolute atomic E-state index is 11.8. The van der Waals surface area contributed by atoms with E-state index >= 15 is 0 Å². The molecule has 0 aromatic carbocycles. The standard InChI is InChI=1S/C17H22N4O/c1-12-13(2)19-16(11-18-12)21-8-5-14(6-9-21)15-4-7-20(3)17(22)10-15/h4,7,10-11,14H,5-6,8-9H2,1-3H3. The van der Waals surface area contributed by atoms with E-state index in [9.17, 15) is 4.79 Å². The molecular weight excluding hydrogens is 276 g/mol. The number of hydrogen-bond acceptors (Lipinski definition) is 4. The normalized spacial score (nSPS) is 16.0. The molecule has 0 saturated carbocycles. The third-order valence-corrected chi connectivity index (χ3v) is 4.60. The SMILES string of the molecule is Cc1ncc(N2CCC(c3ccn(C)c(=O)c3)CC2)nc1C. The van der Waals surface area contributed by atoms with Gasteiger partial charge < -0.3 is 9.47 Å². The van der Waals surface area contributed by atoms with Crippen LogP contribution in [0.4, 0.5) is 5.82 Å². The van der Waals surface area contributed by atoms with Crippen LogP contribution < -0.4 is 10.5 Å². The lowest BCUT2D eigenvalue weighted by Crippen LogP contribution is -2.34. The second kappa shape index (κ2) is 5.91. The van der Waals surface area contributed by atoms with Crippen molar-refractivity contribution < 1.29 is 0 Å². The largest absolute Gasteiger partial charge is 0.355 e. The van der Waals surface area contributed by atoms with Gasteiger partial charge in [-0.2, -0.15) is 0 Å². The average molecular weight is 298 g/mol. The van der Waals surface area contributed by atoms with Gasteiger partial charge in [0.05, 0.1) is 17.6 Å². The Balaban J connectivity index is 1.70. The summed E-state index contributed by atoms with van der Waals surface area (Å²) >= 11 is 0. The topological polar surface area (TPSA) is 51.0 Å². The van der Waals surface area contributed by atoms with Crippen molar-refractivity contribution in [3.8, 4) is 0 Å². The number of nitrogens with zero attached hydrogens (tertiary/aromatic N) is 4. The fraction of sp³-hybridized carbons (Fsp3) is 0.471. The molecule has 0 unspecified atom stereocenters. The van der Waals surface area contributed by atoms with Crippen LogP contribution in [0.1, 0.15) is 35.7 Å². The minimum atomic E-state index is 0.0694. The monoisotopic (exact) mass is 298 g/mol. The quantitative estimate of drug-likeness (QED) is 0.852. The number of pyridine rings is 1. The predicted molar refractivity (Wildman–Crippen MR) is 87.4 cm³/mol. The molecule has 22 heavy (non-hydrogen) atoms. The summed E-state index contributed by atoms with van der Waals surface area (Å²) in [6.45, 7) is 5.89. The van der Waals surface area contributed by atoms with E-state index in [4.69, 9.17) is 0 Å². The molecule has 3 rings (SSSR count). The highest BCUT2D eigenvalue weighted by Crippen LogP contribution is 2.29. The van der Waals surface area contributed by atoms with Crippen molar-refractivity contribution in [1.82, 2.24) is 14.5 Å². The van der Waals surface area contributed by atoms with Crippen LogP contribution in [0.5, 0.6) is 0 Å². The van der Waals surface area contributed by atoms with Crippen LogP contribution >= 0.6 is 0 Å². The Hall–Kier alpha value is -2.17. The van der Waals surface area contributed by atoms with Crippen LogP contribution in [0, 0.1) is 13.8 Å². The van der Waals surface area contributed by atoms with Gasteiger partial charge >= 0.3 is 0 Å². The van der Waals surface area contributed by atoms with Gasteiger partial charge in [0.25, 0.3) is 5.56 Å². The van der Waals surface area contributed by atoms with Crippen LogP contribution in [-0.4, -0.2) is 27.6 Å². The van der Waals surface area contributed by atoms with E-state index in [2.05, 4.69) is 20.9 Å². The summed E-state index contributed by atoms with van der Waals surface area (Å²) in [4.78, 5) is 23.1. The Labute approximate surface area is 130 Å². The van der Waals surface area contributed by atoms with Crippen LogP contribution in [0.15, 0.2) is 29.3 Å². The minimum absolute atomic E-state index is 0.0694. The summed E-state index contributed by atoms with van der Waals surface area (Å²) in [6.07, 6.45) is 5.81. The van der Waals surface area contributed by atoms with Crippen LogP contribution in [0.2, 0.25) is 0 Å². The number of aromatic nitrogens is 3. The first-order valence-corrected chi connectivity index (χ1v) is 7.76. The molecule has 116 valence electrons. The Bertz CT molecular complexity index is 730. The van der Waals surface area contributed by atoms with E-state index in [1.807, 2.05) is 26.2 Å². The van der Waals surface area contributed by atoms with Crippen molar-refractivity contribution in [2.24, 2.45) is 7.05 Å². The number of aryl methyl sites for hydroxylation is 3. The molecule has 0 aliphatic carbocycles. The molecule has 0 atom stereocenters. The number of piperidine rings is 1. The zero-order valence-corrected chi connectivity index (χ0v) is 13.4. The summed E-state index contributed by atoms with van der Waals surface area (Å²) in [5, 5.41) is 0. The Morgan fingerprint density at radius 1 is 1.18 bits per heavy atom. The van der Waals surface area contributed by atoms with E-state index < -0.39 is 0 Å². The number of hydrogen-bond donors (Lipinski definition) is 0. The second-order valence-corrected chi connectivity index (χ2v) is 6.07. The Morgan fingerprint density at radius 3 is 2.55 bits per heavy atom. The van der Waals surface area contributed by atoms with Gasteiger partial charge in [-0.05, 0) is 44.2 Å². The van der Waals surface area contributed by atoms with Crippen molar-refractivity contribution >= 4 is 5.82 Å². The zero-order valence-electron chi connectivity index (χ0n) is 13.4. The molecule has 0 amide bonds. The lowest BCUT2D eigenvalue weighted by Gasteiger charge is -2.33. The van der Waals surface area contributed by atoms with Crippen molar-refractivity contribution in [3.05, 3.63) is 51.8 Å². The highest BCUT2D eigenvalue weighted by atomic mass is 16.1. The van der Waals surface area contributed by atoms with Gasteiger partial charge in [0.1, 0.15) is 5.82 Å². The van der Waals surface area contributed by atoms with Crippen LogP contribution in [0.25, 0.3) is 0 Å². The molecule has 1 aliphatic heterocycles. The Morgan fingerprint density at radius 2 is 1.91 bits per heavy atom. The minimum Gasteiger partial charge on any atom is -0.355 e. The van der Waals surface area contributed by atoms with E-state index in [0.717, 1.165) is 48.7 Å². The summed E-state index contributed by atoms with van der Waals surface area (Å²) in [5.74, 6) is 1.43. The maximum atomic E-state index is 11.8. The predicted octanol–water partition coefficient (Wildman–Crippen LogP) is 2.18. The van der Waals surface area contributed by atoms with Gasteiger partial charge in [-0.15, -0.1) is 0 Å². The van der Waals surface area contributed by atoms with Gasteiger partial charge in [0.2, 0.25) is 0 Å². The molecule has 1 aliphatic rings. The van der Waals surface area contributed by atoms with E-state index in [0.29, 0.717) is 5.92 Å². The summed E-state index contributed by atoms with van der Waals surface area (Å²) in [5.41, 5.74) is 3.21. The first-order chi connectivity index (χ1) is 10.5. The molecule has 2 aromatic heterocycles.